The zero-order chi connectivity index (χ0) is 15.4. The van der Waals surface area contributed by atoms with E-state index in [9.17, 15) is 9.90 Å². The molecule has 1 amide bonds. The Morgan fingerprint density at radius 2 is 1.95 bits per heavy atom. The number of aromatic hydroxyl groups is 1. The van der Waals surface area contributed by atoms with Crippen LogP contribution in [0.5, 0.6) is 11.5 Å². The lowest BCUT2D eigenvalue weighted by atomic mass is 10.0. The van der Waals surface area contributed by atoms with Gasteiger partial charge < -0.3 is 14.7 Å². The number of carbonyl (C=O) groups is 1. The fourth-order valence-electron chi connectivity index (χ4n) is 2.20. The van der Waals surface area contributed by atoms with Crippen molar-refractivity contribution in [3.05, 3.63) is 34.5 Å². The highest BCUT2D eigenvalue weighted by molar-refractivity contribution is 7.12. The summed E-state index contributed by atoms with van der Waals surface area (Å²) in [6.07, 6.45) is 0. The quantitative estimate of drug-likeness (QED) is 0.918. The van der Waals surface area contributed by atoms with Crippen molar-refractivity contribution < 1.29 is 14.6 Å². The molecule has 21 heavy (non-hydrogen) atoms. The van der Waals surface area contributed by atoms with Gasteiger partial charge in [-0.15, -0.1) is 11.3 Å². The monoisotopic (exact) mass is 305 g/mol. The van der Waals surface area contributed by atoms with Gasteiger partial charge >= 0.3 is 0 Å². The van der Waals surface area contributed by atoms with Crippen LogP contribution in [-0.2, 0) is 0 Å². The second-order valence-electron chi connectivity index (χ2n) is 4.52. The molecule has 2 rings (SSSR count). The average Bonchev–Trinajstić information content (AvgIpc) is 2.98. The molecule has 0 spiro atoms. The van der Waals surface area contributed by atoms with E-state index in [-0.39, 0.29) is 11.7 Å². The van der Waals surface area contributed by atoms with E-state index in [1.807, 2.05) is 25.3 Å². The molecule has 1 N–H and O–H groups in total. The van der Waals surface area contributed by atoms with Gasteiger partial charge in [0.05, 0.1) is 12.0 Å². The summed E-state index contributed by atoms with van der Waals surface area (Å²) in [5.41, 5.74) is 1.36. The fraction of sp³-hybridized carbons (Fsp3) is 0.312. The van der Waals surface area contributed by atoms with E-state index < -0.39 is 0 Å². The molecule has 0 radical (unpaired) electrons. The van der Waals surface area contributed by atoms with Crippen molar-refractivity contribution in [3.8, 4) is 22.6 Å². The molecule has 2 aromatic rings. The van der Waals surface area contributed by atoms with E-state index in [0.717, 1.165) is 5.56 Å². The summed E-state index contributed by atoms with van der Waals surface area (Å²) in [6.45, 7) is 5.24. The van der Waals surface area contributed by atoms with Crippen LogP contribution in [0.25, 0.3) is 11.1 Å². The molecule has 0 saturated heterocycles. The maximum absolute atomic E-state index is 12.6. The van der Waals surface area contributed by atoms with Crippen molar-refractivity contribution in [1.29, 1.82) is 0 Å². The van der Waals surface area contributed by atoms with Crippen LogP contribution in [0, 0.1) is 0 Å². The Morgan fingerprint density at radius 3 is 2.57 bits per heavy atom. The molecule has 1 aromatic carbocycles. The minimum absolute atomic E-state index is 0.00720. The molecule has 0 unspecified atom stereocenters. The summed E-state index contributed by atoms with van der Waals surface area (Å²) >= 11 is 1.39. The summed E-state index contributed by atoms with van der Waals surface area (Å²) in [5, 5.41) is 12.0. The van der Waals surface area contributed by atoms with Gasteiger partial charge in [0.25, 0.3) is 5.91 Å². The summed E-state index contributed by atoms with van der Waals surface area (Å²) in [7, 11) is 1.58. The number of phenolic OH excluding ortho intramolecular Hbond substituents is 1. The van der Waals surface area contributed by atoms with Crippen molar-refractivity contribution in [1.82, 2.24) is 4.90 Å². The molecule has 4 nitrogen and oxygen atoms in total. The van der Waals surface area contributed by atoms with E-state index >= 15 is 0 Å². The van der Waals surface area contributed by atoms with Gasteiger partial charge in [-0.2, -0.15) is 0 Å². The smallest absolute Gasteiger partial charge is 0.264 e. The van der Waals surface area contributed by atoms with Crippen LogP contribution in [0.4, 0.5) is 0 Å². The zero-order valence-corrected chi connectivity index (χ0v) is 13.2. The molecule has 0 atom stereocenters. The van der Waals surface area contributed by atoms with Gasteiger partial charge in [0.15, 0.2) is 0 Å². The van der Waals surface area contributed by atoms with Crippen LogP contribution in [0.2, 0.25) is 0 Å². The summed E-state index contributed by atoms with van der Waals surface area (Å²) in [4.78, 5) is 15.0. The third-order valence-electron chi connectivity index (χ3n) is 3.40. The first kappa shape index (κ1) is 15.4. The van der Waals surface area contributed by atoms with Crippen LogP contribution < -0.4 is 4.74 Å². The number of methoxy groups -OCH3 is 1. The van der Waals surface area contributed by atoms with E-state index in [2.05, 4.69) is 0 Å². The molecule has 112 valence electrons. The van der Waals surface area contributed by atoms with Crippen molar-refractivity contribution in [3.63, 3.8) is 0 Å². The number of ether oxygens (including phenoxy) is 1. The molecule has 0 aliphatic heterocycles. The van der Waals surface area contributed by atoms with E-state index in [1.54, 1.807) is 30.2 Å². The van der Waals surface area contributed by atoms with Crippen LogP contribution >= 0.6 is 11.3 Å². The predicted molar refractivity (Wildman–Crippen MR) is 85.2 cm³/mol. The number of amides is 1. The van der Waals surface area contributed by atoms with Gasteiger partial charge in [-0.3, -0.25) is 4.79 Å². The Balaban J connectivity index is 2.48. The van der Waals surface area contributed by atoms with Crippen molar-refractivity contribution in [2.75, 3.05) is 20.2 Å². The highest BCUT2D eigenvalue weighted by Crippen LogP contribution is 2.37. The summed E-state index contributed by atoms with van der Waals surface area (Å²) in [5.74, 6) is 0.783. The molecule has 5 heteroatoms. The molecule has 1 heterocycles. The van der Waals surface area contributed by atoms with Gasteiger partial charge in [0.2, 0.25) is 0 Å². The average molecular weight is 305 g/mol. The lowest BCUT2D eigenvalue weighted by Crippen LogP contribution is -2.30. The predicted octanol–water partition coefficient (Wildman–Crippen LogP) is 3.61. The van der Waals surface area contributed by atoms with E-state index in [4.69, 9.17) is 4.74 Å². The van der Waals surface area contributed by atoms with E-state index in [1.165, 1.54) is 11.3 Å². The second-order valence-corrected chi connectivity index (χ2v) is 5.44. The molecule has 0 aliphatic carbocycles. The number of nitrogens with zero attached hydrogens (tertiary/aromatic N) is 1. The molecule has 0 saturated carbocycles. The van der Waals surface area contributed by atoms with Gasteiger partial charge in [0.1, 0.15) is 11.5 Å². The molecule has 1 aromatic heterocycles. The van der Waals surface area contributed by atoms with Crippen LogP contribution in [0.1, 0.15) is 23.5 Å². The first-order chi connectivity index (χ1) is 10.1. The summed E-state index contributed by atoms with van der Waals surface area (Å²) in [6, 6.07) is 6.88. The third kappa shape index (κ3) is 3.03. The van der Waals surface area contributed by atoms with E-state index in [0.29, 0.717) is 29.3 Å². The first-order valence-corrected chi connectivity index (χ1v) is 7.74. The topological polar surface area (TPSA) is 49.8 Å². The minimum Gasteiger partial charge on any atom is -0.507 e. The van der Waals surface area contributed by atoms with Crippen molar-refractivity contribution in [2.45, 2.75) is 13.8 Å². The van der Waals surface area contributed by atoms with Crippen LogP contribution in [0.15, 0.2) is 29.6 Å². The van der Waals surface area contributed by atoms with Crippen molar-refractivity contribution in [2.24, 2.45) is 0 Å². The number of benzene rings is 1. The molecule has 0 bridgehead atoms. The minimum atomic E-state index is -0.00720. The number of hydrogen-bond acceptors (Lipinski definition) is 4. The van der Waals surface area contributed by atoms with Crippen LogP contribution in [-0.4, -0.2) is 36.1 Å². The number of thiophene rings is 1. The molecular weight excluding hydrogens is 286 g/mol. The normalized spacial score (nSPS) is 10.4. The second kappa shape index (κ2) is 6.63. The SMILES string of the molecule is CCN(CC)C(=O)c1sccc1-c1cc(OC)ccc1O. The molecule has 0 fully saturated rings. The first-order valence-electron chi connectivity index (χ1n) is 6.86. The van der Waals surface area contributed by atoms with Gasteiger partial charge in [-0.1, -0.05) is 0 Å². The lowest BCUT2D eigenvalue weighted by molar-refractivity contribution is 0.0778. The van der Waals surface area contributed by atoms with Crippen LogP contribution in [0.3, 0.4) is 0 Å². The molecule has 0 aliphatic rings. The Bertz CT molecular complexity index is 632. The Labute approximate surface area is 128 Å². The van der Waals surface area contributed by atoms with Gasteiger partial charge in [-0.25, -0.2) is 0 Å². The summed E-state index contributed by atoms with van der Waals surface area (Å²) < 4.78 is 5.19. The lowest BCUT2D eigenvalue weighted by Gasteiger charge is -2.18. The van der Waals surface area contributed by atoms with Crippen molar-refractivity contribution >= 4 is 17.2 Å². The zero-order valence-electron chi connectivity index (χ0n) is 12.4. The van der Waals surface area contributed by atoms with Gasteiger partial charge in [-0.05, 0) is 43.5 Å². The largest absolute Gasteiger partial charge is 0.507 e. The fourth-order valence-corrected chi connectivity index (χ4v) is 3.07. The number of carbonyl (C=O) groups excluding carboxylic acids is 1. The Hall–Kier alpha value is -2.01. The highest BCUT2D eigenvalue weighted by Gasteiger charge is 2.20. The number of rotatable bonds is 5. The Morgan fingerprint density at radius 1 is 1.24 bits per heavy atom. The maximum Gasteiger partial charge on any atom is 0.264 e. The molecular formula is C16H19NO3S. The number of hydrogen-bond donors (Lipinski definition) is 1. The Kier molecular flexibility index (Phi) is 4.85. The number of phenols is 1. The van der Waals surface area contributed by atoms with Gasteiger partial charge in [0, 0.05) is 24.2 Å². The standard InChI is InChI=1S/C16H19NO3S/c1-4-17(5-2)16(19)15-12(8-9-21-15)13-10-11(20-3)6-7-14(13)18/h6-10,18H,4-5H2,1-3H3. The highest BCUT2D eigenvalue weighted by atomic mass is 32.1. The maximum atomic E-state index is 12.6. The third-order valence-corrected chi connectivity index (χ3v) is 4.31.